The van der Waals surface area contributed by atoms with Gasteiger partial charge in [0.2, 0.25) is 0 Å². The number of likely N-dealkylation sites (N-methyl/N-ethyl adjacent to an activating group) is 1. The van der Waals surface area contributed by atoms with E-state index in [9.17, 15) is 0 Å². The molecule has 0 aromatic rings. The molecule has 2 nitrogen and oxygen atoms in total. The molecule has 0 amide bonds. The Labute approximate surface area is 95.2 Å². The van der Waals surface area contributed by atoms with Crippen LogP contribution in [0.1, 0.15) is 53.4 Å². The third-order valence-electron chi connectivity index (χ3n) is 4.22. The lowest BCUT2D eigenvalue weighted by molar-refractivity contribution is 0.0708. The van der Waals surface area contributed by atoms with Crippen molar-refractivity contribution in [2.45, 2.75) is 71.5 Å². The van der Waals surface area contributed by atoms with Crippen LogP contribution in [0, 0.1) is 5.41 Å². The molecule has 0 radical (unpaired) electrons. The first-order chi connectivity index (χ1) is 6.87. The average molecular weight is 212 g/mol. The second-order valence-corrected chi connectivity index (χ2v) is 6.06. The monoisotopic (exact) mass is 212 g/mol. The molecule has 15 heavy (non-hydrogen) atoms. The molecular formula is C13H28N2. The Morgan fingerprint density at radius 2 is 2.07 bits per heavy atom. The minimum Gasteiger partial charge on any atom is -0.326 e. The van der Waals surface area contributed by atoms with E-state index >= 15 is 0 Å². The number of nitrogens with zero attached hydrogens (tertiary/aromatic N) is 1. The van der Waals surface area contributed by atoms with E-state index in [0.29, 0.717) is 23.5 Å². The number of hydrogen-bond acceptors (Lipinski definition) is 2. The molecule has 0 aromatic carbocycles. The summed E-state index contributed by atoms with van der Waals surface area (Å²) in [5.41, 5.74) is 6.73. The summed E-state index contributed by atoms with van der Waals surface area (Å²) in [6, 6.07) is 1.59. The van der Waals surface area contributed by atoms with Crippen LogP contribution >= 0.6 is 0 Å². The molecule has 1 aliphatic rings. The SMILES string of the molecule is CCC(C)N(C)C1CC(C)(C)CCC1N. The van der Waals surface area contributed by atoms with Gasteiger partial charge in [-0.3, -0.25) is 4.90 Å². The fourth-order valence-electron chi connectivity index (χ4n) is 2.63. The lowest BCUT2D eigenvalue weighted by Crippen LogP contribution is -2.53. The molecule has 3 atom stereocenters. The summed E-state index contributed by atoms with van der Waals surface area (Å²) in [4.78, 5) is 2.49. The summed E-state index contributed by atoms with van der Waals surface area (Å²) in [6.45, 7) is 9.29. The van der Waals surface area contributed by atoms with Gasteiger partial charge in [0.05, 0.1) is 0 Å². The Balaban J connectivity index is 2.65. The molecule has 0 heterocycles. The highest BCUT2D eigenvalue weighted by molar-refractivity contribution is 4.93. The van der Waals surface area contributed by atoms with Crippen LogP contribution in [-0.2, 0) is 0 Å². The quantitative estimate of drug-likeness (QED) is 0.779. The van der Waals surface area contributed by atoms with E-state index in [1.807, 2.05) is 0 Å². The molecule has 2 heteroatoms. The van der Waals surface area contributed by atoms with Crippen LogP contribution in [0.25, 0.3) is 0 Å². The average Bonchev–Trinajstić information content (AvgIpc) is 2.19. The molecule has 1 rings (SSSR count). The van der Waals surface area contributed by atoms with E-state index in [1.54, 1.807) is 0 Å². The Morgan fingerprint density at radius 1 is 1.47 bits per heavy atom. The summed E-state index contributed by atoms with van der Waals surface area (Å²) >= 11 is 0. The van der Waals surface area contributed by atoms with Gasteiger partial charge in [0.25, 0.3) is 0 Å². The smallest absolute Gasteiger partial charge is 0.0252 e. The Bertz CT molecular complexity index is 201. The summed E-state index contributed by atoms with van der Waals surface area (Å²) in [6.07, 6.45) is 4.91. The van der Waals surface area contributed by atoms with Crippen molar-refractivity contribution in [3.63, 3.8) is 0 Å². The van der Waals surface area contributed by atoms with Crippen molar-refractivity contribution >= 4 is 0 Å². The van der Waals surface area contributed by atoms with E-state index in [1.165, 1.54) is 25.7 Å². The summed E-state index contributed by atoms with van der Waals surface area (Å²) < 4.78 is 0. The number of nitrogens with two attached hydrogens (primary N) is 1. The molecule has 90 valence electrons. The second kappa shape index (κ2) is 4.84. The van der Waals surface area contributed by atoms with E-state index in [2.05, 4.69) is 39.6 Å². The van der Waals surface area contributed by atoms with Crippen molar-refractivity contribution in [1.29, 1.82) is 0 Å². The maximum atomic E-state index is 6.25. The first-order valence-corrected chi connectivity index (χ1v) is 6.35. The van der Waals surface area contributed by atoms with Gasteiger partial charge in [0.1, 0.15) is 0 Å². The van der Waals surface area contributed by atoms with Crippen LogP contribution in [0.5, 0.6) is 0 Å². The van der Waals surface area contributed by atoms with Gasteiger partial charge in [0.15, 0.2) is 0 Å². The maximum absolute atomic E-state index is 6.25. The summed E-state index contributed by atoms with van der Waals surface area (Å²) in [7, 11) is 2.24. The molecule has 0 bridgehead atoms. The first kappa shape index (κ1) is 13.0. The maximum Gasteiger partial charge on any atom is 0.0252 e. The van der Waals surface area contributed by atoms with E-state index in [0.717, 1.165) is 0 Å². The van der Waals surface area contributed by atoms with Gasteiger partial charge in [-0.1, -0.05) is 20.8 Å². The van der Waals surface area contributed by atoms with Crippen molar-refractivity contribution < 1.29 is 0 Å². The van der Waals surface area contributed by atoms with Gasteiger partial charge in [-0.05, 0) is 45.1 Å². The van der Waals surface area contributed by atoms with Crippen molar-refractivity contribution in [2.24, 2.45) is 11.1 Å². The van der Waals surface area contributed by atoms with Crippen molar-refractivity contribution in [3.05, 3.63) is 0 Å². The lowest BCUT2D eigenvalue weighted by atomic mass is 9.72. The van der Waals surface area contributed by atoms with E-state index in [4.69, 9.17) is 5.73 Å². The molecular weight excluding hydrogens is 184 g/mol. The third kappa shape index (κ3) is 3.18. The van der Waals surface area contributed by atoms with Gasteiger partial charge in [0, 0.05) is 18.1 Å². The minimum atomic E-state index is 0.372. The van der Waals surface area contributed by atoms with Gasteiger partial charge in [-0.25, -0.2) is 0 Å². The fraction of sp³-hybridized carbons (Fsp3) is 1.00. The fourth-order valence-corrected chi connectivity index (χ4v) is 2.63. The van der Waals surface area contributed by atoms with Crippen LogP contribution in [0.3, 0.4) is 0 Å². The highest BCUT2D eigenvalue weighted by atomic mass is 15.2. The van der Waals surface area contributed by atoms with Gasteiger partial charge in [-0.2, -0.15) is 0 Å². The molecule has 3 unspecified atom stereocenters. The lowest BCUT2D eigenvalue weighted by Gasteiger charge is -2.45. The summed E-state index contributed by atoms with van der Waals surface area (Å²) in [5.74, 6) is 0. The zero-order chi connectivity index (χ0) is 11.6. The predicted octanol–water partition coefficient (Wildman–Crippen LogP) is 2.62. The third-order valence-corrected chi connectivity index (χ3v) is 4.22. The Morgan fingerprint density at radius 3 is 2.60 bits per heavy atom. The first-order valence-electron chi connectivity index (χ1n) is 6.35. The predicted molar refractivity (Wildman–Crippen MR) is 66.9 cm³/mol. The summed E-state index contributed by atoms with van der Waals surface area (Å²) in [5, 5.41) is 0. The highest BCUT2D eigenvalue weighted by Gasteiger charge is 2.35. The molecule has 1 aliphatic carbocycles. The molecule has 1 fully saturated rings. The molecule has 0 aliphatic heterocycles. The van der Waals surface area contributed by atoms with Crippen LogP contribution in [-0.4, -0.2) is 30.1 Å². The zero-order valence-corrected chi connectivity index (χ0v) is 11.1. The Hall–Kier alpha value is -0.0800. The minimum absolute atomic E-state index is 0.372. The molecule has 0 spiro atoms. The van der Waals surface area contributed by atoms with Crippen molar-refractivity contribution in [2.75, 3.05) is 7.05 Å². The van der Waals surface area contributed by atoms with Crippen LogP contribution in [0.4, 0.5) is 0 Å². The van der Waals surface area contributed by atoms with Crippen molar-refractivity contribution in [1.82, 2.24) is 4.90 Å². The zero-order valence-electron chi connectivity index (χ0n) is 11.1. The van der Waals surface area contributed by atoms with Gasteiger partial charge in [-0.15, -0.1) is 0 Å². The second-order valence-electron chi connectivity index (χ2n) is 6.06. The van der Waals surface area contributed by atoms with Crippen LogP contribution in [0.15, 0.2) is 0 Å². The van der Waals surface area contributed by atoms with Gasteiger partial charge < -0.3 is 5.73 Å². The van der Waals surface area contributed by atoms with Gasteiger partial charge >= 0.3 is 0 Å². The largest absolute Gasteiger partial charge is 0.326 e. The topological polar surface area (TPSA) is 29.3 Å². The molecule has 1 saturated carbocycles. The molecule has 0 saturated heterocycles. The van der Waals surface area contributed by atoms with Crippen molar-refractivity contribution in [3.8, 4) is 0 Å². The standard InChI is InChI=1S/C13H28N2/c1-6-10(2)15(5)12-9-13(3,4)8-7-11(12)14/h10-12H,6-9,14H2,1-5H3. The van der Waals surface area contributed by atoms with E-state index < -0.39 is 0 Å². The Kier molecular flexibility index (Phi) is 4.19. The highest BCUT2D eigenvalue weighted by Crippen LogP contribution is 2.37. The van der Waals surface area contributed by atoms with E-state index in [-0.39, 0.29) is 0 Å². The van der Waals surface area contributed by atoms with Crippen LogP contribution < -0.4 is 5.73 Å². The normalized spacial score (nSPS) is 33.0. The molecule has 0 aromatic heterocycles. The number of rotatable bonds is 3. The molecule has 2 N–H and O–H groups in total. The number of hydrogen-bond donors (Lipinski definition) is 1. The van der Waals surface area contributed by atoms with Crippen LogP contribution in [0.2, 0.25) is 0 Å².